The number of nitrogens with one attached hydrogen (secondary N) is 1. The largest absolute Gasteiger partial charge is 0.496 e. The maximum Gasteiger partial charge on any atom is 0.326 e. The number of carbonyl (C=O) groups is 2. The number of nitrogens with zero attached hydrogens (tertiary/aromatic N) is 1. The van der Waals surface area contributed by atoms with Gasteiger partial charge >= 0.3 is 5.97 Å². The molecule has 0 saturated carbocycles. The molecule has 2 atom stereocenters. The third kappa shape index (κ3) is 5.17. The van der Waals surface area contributed by atoms with Crippen molar-refractivity contribution in [1.29, 1.82) is 0 Å². The number of rotatable bonds is 9. The van der Waals surface area contributed by atoms with Gasteiger partial charge in [0.1, 0.15) is 17.5 Å². The van der Waals surface area contributed by atoms with E-state index in [1.807, 2.05) is 72.8 Å². The number of ether oxygens (including phenoxy) is 2. The van der Waals surface area contributed by atoms with Crippen LogP contribution in [0, 0.1) is 0 Å². The molecule has 0 radical (unpaired) electrons. The lowest BCUT2D eigenvalue weighted by Gasteiger charge is -2.23. The molecular formula is C28H28N2O6. The van der Waals surface area contributed by atoms with Crippen molar-refractivity contribution in [3.8, 4) is 22.6 Å². The smallest absolute Gasteiger partial charge is 0.326 e. The molecular weight excluding hydrogens is 460 g/mol. The zero-order chi connectivity index (χ0) is 25.7. The van der Waals surface area contributed by atoms with Crippen LogP contribution in [0.3, 0.4) is 0 Å². The second-order valence-corrected chi connectivity index (χ2v) is 8.71. The molecule has 8 nitrogen and oxygen atoms in total. The van der Waals surface area contributed by atoms with E-state index in [2.05, 4.69) is 10.5 Å². The van der Waals surface area contributed by atoms with Crippen molar-refractivity contribution < 1.29 is 29.0 Å². The number of benzene rings is 3. The van der Waals surface area contributed by atoms with Gasteiger partial charge in [-0.2, -0.15) is 0 Å². The maximum atomic E-state index is 13.0. The Balaban J connectivity index is 1.46. The molecule has 1 aliphatic heterocycles. The van der Waals surface area contributed by atoms with Gasteiger partial charge in [-0.25, -0.2) is 4.79 Å². The Hall–Kier alpha value is -4.33. The molecule has 0 aliphatic carbocycles. The van der Waals surface area contributed by atoms with E-state index < -0.39 is 23.5 Å². The Morgan fingerprint density at radius 3 is 2.19 bits per heavy atom. The quantitative estimate of drug-likeness (QED) is 0.470. The van der Waals surface area contributed by atoms with Crippen LogP contribution < -0.4 is 14.8 Å². The number of carboxylic acids is 1. The summed E-state index contributed by atoms with van der Waals surface area (Å²) in [6, 6.07) is 21.2. The minimum atomic E-state index is -1.29. The van der Waals surface area contributed by atoms with Crippen molar-refractivity contribution in [3.63, 3.8) is 0 Å². The van der Waals surface area contributed by atoms with Crippen molar-refractivity contribution in [2.45, 2.75) is 31.4 Å². The van der Waals surface area contributed by atoms with Gasteiger partial charge in [-0.05, 0) is 35.7 Å². The van der Waals surface area contributed by atoms with Crippen LogP contribution in [0.15, 0.2) is 78.0 Å². The molecule has 0 fully saturated rings. The molecule has 0 bridgehead atoms. The molecule has 1 amide bonds. The summed E-state index contributed by atoms with van der Waals surface area (Å²) < 4.78 is 11.0. The highest BCUT2D eigenvalue weighted by Gasteiger charge is 2.43. The summed E-state index contributed by atoms with van der Waals surface area (Å²) in [7, 11) is 3.18. The van der Waals surface area contributed by atoms with E-state index in [1.165, 1.54) is 0 Å². The van der Waals surface area contributed by atoms with Gasteiger partial charge in [0.2, 0.25) is 5.60 Å². The van der Waals surface area contributed by atoms with Crippen LogP contribution in [0.5, 0.6) is 11.5 Å². The molecule has 3 aromatic carbocycles. The Labute approximate surface area is 209 Å². The summed E-state index contributed by atoms with van der Waals surface area (Å²) >= 11 is 0. The van der Waals surface area contributed by atoms with E-state index in [4.69, 9.17) is 14.3 Å². The molecule has 186 valence electrons. The zero-order valence-corrected chi connectivity index (χ0v) is 20.4. The third-order valence-electron chi connectivity index (χ3n) is 6.16. The molecule has 1 unspecified atom stereocenters. The molecule has 0 saturated heterocycles. The van der Waals surface area contributed by atoms with Crippen LogP contribution in [0.25, 0.3) is 11.1 Å². The highest BCUT2D eigenvalue weighted by atomic mass is 16.7. The molecule has 36 heavy (non-hydrogen) atoms. The summed E-state index contributed by atoms with van der Waals surface area (Å²) in [6.07, 6.45) is 0.345. The first-order chi connectivity index (χ1) is 17.3. The normalized spacial score (nSPS) is 17.5. The Kier molecular flexibility index (Phi) is 7.24. The topological polar surface area (TPSA) is 106 Å². The number of carbonyl (C=O) groups excluding carboxylic acids is 1. The van der Waals surface area contributed by atoms with Crippen molar-refractivity contribution >= 4 is 17.6 Å². The monoisotopic (exact) mass is 488 g/mol. The number of amides is 1. The summed E-state index contributed by atoms with van der Waals surface area (Å²) in [6.45, 7) is 1.61. The van der Waals surface area contributed by atoms with Crippen molar-refractivity contribution in [2.24, 2.45) is 5.16 Å². The van der Waals surface area contributed by atoms with Crippen LogP contribution in [-0.2, 0) is 20.8 Å². The fraction of sp³-hybridized carbons (Fsp3) is 0.250. The predicted molar refractivity (Wildman–Crippen MR) is 135 cm³/mol. The van der Waals surface area contributed by atoms with Crippen LogP contribution >= 0.6 is 0 Å². The Morgan fingerprint density at radius 1 is 0.972 bits per heavy atom. The minimum Gasteiger partial charge on any atom is -0.496 e. The predicted octanol–water partition coefficient (Wildman–Crippen LogP) is 4.07. The highest BCUT2D eigenvalue weighted by Crippen LogP contribution is 2.38. The summed E-state index contributed by atoms with van der Waals surface area (Å²) in [4.78, 5) is 30.5. The van der Waals surface area contributed by atoms with Crippen molar-refractivity contribution in [3.05, 3.63) is 83.9 Å². The minimum absolute atomic E-state index is 0.104. The van der Waals surface area contributed by atoms with E-state index in [-0.39, 0.29) is 12.8 Å². The molecule has 1 aliphatic rings. The molecule has 1 heterocycles. The molecule has 0 aromatic heterocycles. The zero-order valence-electron chi connectivity index (χ0n) is 20.4. The van der Waals surface area contributed by atoms with E-state index >= 15 is 0 Å². The lowest BCUT2D eigenvalue weighted by Crippen LogP contribution is -2.51. The number of oxime groups is 1. The highest BCUT2D eigenvalue weighted by molar-refractivity contribution is 6.05. The van der Waals surface area contributed by atoms with Gasteiger partial charge in [0, 0.05) is 12.8 Å². The number of hydrogen-bond acceptors (Lipinski definition) is 6. The van der Waals surface area contributed by atoms with Gasteiger partial charge in [0.15, 0.2) is 0 Å². The fourth-order valence-electron chi connectivity index (χ4n) is 4.14. The molecule has 3 aromatic rings. The Morgan fingerprint density at radius 2 is 1.61 bits per heavy atom. The third-order valence-corrected chi connectivity index (χ3v) is 6.16. The molecule has 0 spiro atoms. The van der Waals surface area contributed by atoms with E-state index in [0.717, 1.165) is 22.3 Å². The van der Waals surface area contributed by atoms with Gasteiger partial charge in [-0.1, -0.05) is 65.8 Å². The first kappa shape index (κ1) is 24.8. The molecule has 8 heteroatoms. The number of aliphatic carboxylic acids is 1. The van der Waals surface area contributed by atoms with Gasteiger partial charge < -0.3 is 24.7 Å². The molecule has 2 N–H and O–H groups in total. The Bertz CT molecular complexity index is 1250. The lowest BCUT2D eigenvalue weighted by molar-refractivity contribution is -0.148. The average molecular weight is 489 g/mol. The lowest BCUT2D eigenvalue weighted by atomic mass is 9.94. The van der Waals surface area contributed by atoms with Gasteiger partial charge in [-0.15, -0.1) is 0 Å². The van der Waals surface area contributed by atoms with Crippen LogP contribution in [0.2, 0.25) is 0 Å². The number of hydrogen-bond donors (Lipinski definition) is 2. The first-order valence-electron chi connectivity index (χ1n) is 11.5. The standard InChI is InChI=1S/C28H28N2O6/c1-28(17-22(30-36-28)19-8-5-4-6-9-19)27(33)29-21(26(31)32)16-18-12-14-20(15-13-18)25-23(34-2)10-7-11-24(25)35-3/h4-15,21H,16-17H2,1-3H3,(H,29,33)(H,31,32)/t21?,28-/m0/s1. The fourth-order valence-corrected chi connectivity index (χ4v) is 4.14. The van der Waals surface area contributed by atoms with E-state index in [1.54, 1.807) is 21.1 Å². The van der Waals surface area contributed by atoms with Gasteiger partial charge in [0.05, 0.1) is 25.5 Å². The average Bonchev–Trinajstić information content (AvgIpc) is 3.32. The number of carboxylic acid groups (broad SMARTS) is 1. The maximum absolute atomic E-state index is 13.0. The van der Waals surface area contributed by atoms with Gasteiger partial charge in [0.25, 0.3) is 5.91 Å². The van der Waals surface area contributed by atoms with Gasteiger partial charge in [-0.3, -0.25) is 4.79 Å². The first-order valence-corrected chi connectivity index (χ1v) is 11.5. The van der Waals surface area contributed by atoms with E-state index in [0.29, 0.717) is 17.2 Å². The SMILES string of the molecule is COc1cccc(OC)c1-c1ccc(CC(NC(=O)[C@]2(C)CC(c3ccccc3)=NO2)C(=O)O)cc1. The summed E-state index contributed by atoms with van der Waals surface area (Å²) in [5, 5.41) is 16.5. The molecule has 4 rings (SSSR count). The van der Waals surface area contributed by atoms with E-state index in [9.17, 15) is 14.7 Å². The van der Waals surface area contributed by atoms with Crippen LogP contribution in [0.1, 0.15) is 24.5 Å². The van der Waals surface area contributed by atoms with Crippen molar-refractivity contribution in [2.75, 3.05) is 14.2 Å². The van der Waals surface area contributed by atoms with Crippen LogP contribution in [0.4, 0.5) is 0 Å². The second-order valence-electron chi connectivity index (χ2n) is 8.71. The second kappa shape index (κ2) is 10.5. The van der Waals surface area contributed by atoms with Crippen LogP contribution in [-0.4, -0.2) is 48.6 Å². The van der Waals surface area contributed by atoms with Crippen molar-refractivity contribution in [1.82, 2.24) is 5.32 Å². The number of methoxy groups -OCH3 is 2. The summed E-state index contributed by atoms with van der Waals surface area (Å²) in [5.41, 5.74) is 2.62. The summed E-state index contributed by atoms with van der Waals surface area (Å²) in [5.74, 6) is -0.330.